The Balaban J connectivity index is 1.84. The summed E-state index contributed by atoms with van der Waals surface area (Å²) < 4.78 is 14.1. The lowest BCUT2D eigenvalue weighted by Crippen LogP contribution is -2.50. The lowest BCUT2D eigenvalue weighted by Gasteiger charge is -2.28. The van der Waals surface area contributed by atoms with Crippen LogP contribution in [-0.2, 0) is 0 Å². The van der Waals surface area contributed by atoms with Crippen molar-refractivity contribution in [3.8, 4) is 11.3 Å². The van der Waals surface area contributed by atoms with Crippen molar-refractivity contribution in [2.24, 2.45) is 4.99 Å². The van der Waals surface area contributed by atoms with Crippen LogP contribution in [0.25, 0.3) is 11.3 Å². The van der Waals surface area contributed by atoms with Gasteiger partial charge in [0.05, 0.1) is 11.9 Å². The highest BCUT2D eigenvalue weighted by molar-refractivity contribution is 6.06. The highest BCUT2D eigenvalue weighted by Gasteiger charge is 2.25. The second-order valence-corrected chi connectivity index (χ2v) is 7.07. The Hall–Kier alpha value is -3.36. The first-order chi connectivity index (χ1) is 14.5. The van der Waals surface area contributed by atoms with E-state index in [9.17, 15) is 9.18 Å². The van der Waals surface area contributed by atoms with E-state index in [-0.39, 0.29) is 22.8 Å². The highest BCUT2D eigenvalue weighted by Crippen LogP contribution is 2.21. The number of nitrogens with two attached hydrogens (primary N) is 1. The average Bonchev–Trinajstić information content (AvgIpc) is 3.04. The maximum absolute atomic E-state index is 14.1. The molecule has 158 valence electrons. The fourth-order valence-electron chi connectivity index (χ4n) is 3.53. The fraction of sp³-hybridized carbons (Fsp3) is 0.381. The molecule has 1 unspecified atom stereocenters. The molecular weight excluding hydrogens is 385 g/mol. The number of amides is 1. The summed E-state index contributed by atoms with van der Waals surface area (Å²) in [6.45, 7) is 1.66. The molecule has 4 N–H and O–H groups in total. The average molecular weight is 411 g/mol. The second kappa shape index (κ2) is 9.91. The number of rotatable bonds is 5. The maximum atomic E-state index is 14.1. The fourth-order valence-corrected chi connectivity index (χ4v) is 3.53. The molecule has 8 nitrogen and oxygen atoms in total. The summed E-state index contributed by atoms with van der Waals surface area (Å²) in [5.74, 6) is -0.511. The summed E-state index contributed by atoms with van der Waals surface area (Å²) in [5, 5.41) is 10.6. The molecule has 1 saturated heterocycles. The Morgan fingerprint density at radius 2 is 2.00 bits per heavy atom. The number of amidine groups is 1. The van der Waals surface area contributed by atoms with Gasteiger partial charge in [-0.25, -0.2) is 14.4 Å². The first kappa shape index (κ1) is 21.4. The van der Waals surface area contributed by atoms with E-state index in [4.69, 9.17) is 11.1 Å². The van der Waals surface area contributed by atoms with Crippen molar-refractivity contribution in [1.29, 1.82) is 5.41 Å². The first-order valence-electron chi connectivity index (χ1n) is 9.95. The van der Waals surface area contributed by atoms with E-state index in [0.717, 1.165) is 45.0 Å². The van der Waals surface area contributed by atoms with Gasteiger partial charge in [-0.1, -0.05) is 25.0 Å². The summed E-state index contributed by atoms with van der Waals surface area (Å²) in [6.07, 6.45) is 6.86. The van der Waals surface area contributed by atoms with Gasteiger partial charge in [0.1, 0.15) is 17.7 Å². The number of nitrogens with zero attached hydrogens (tertiary/aromatic N) is 4. The number of carbonyl (C=O) groups is 1. The van der Waals surface area contributed by atoms with E-state index in [1.54, 1.807) is 25.2 Å². The number of nitrogen functional groups attached to an aromatic ring is 1. The van der Waals surface area contributed by atoms with E-state index in [1.165, 1.54) is 12.3 Å². The van der Waals surface area contributed by atoms with Crippen LogP contribution in [0.1, 0.15) is 36.2 Å². The molecule has 0 bridgehead atoms. The van der Waals surface area contributed by atoms with Gasteiger partial charge in [-0.2, -0.15) is 0 Å². The minimum Gasteiger partial charge on any atom is -0.382 e. The molecule has 0 radical (unpaired) electrons. The predicted octanol–water partition coefficient (Wildman–Crippen LogP) is 2.52. The van der Waals surface area contributed by atoms with Crippen molar-refractivity contribution in [3.63, 3.8) is 0 Å². The van der Waals surface area contributed by atoms with Gasteiger partial charge in [0.15, 0.2) is 11.5 Å². The Labute approximate surface area is 174 Å². The molecule has 1 aromatic carbocycles. The molecule has 1 amide bonds. The maximum Gasteiger partial charge on any atom is 0.274 e. The summed E-state index contributed by atoms with van der Waals surface area (Å²) in [4.78, 5) is 27.6. The number of benzene rings is 1. The number of nitrogens with one attached hydrogen (secondary N) is 2. The third kappa shape index (κ3) is 4.79. The number of hydrogen-bond acceptors (Lipinski definition) is 6. The monoisotopic (exact) mass is 411 g/mol. The number of hydrogen-bond donors (Lipinski definition) is 3. The van der Waals surface area contributed by atoms with Crippen LogP contribution in [-0.4, -0.2) is 59.0 Å². The lowest BCUT2D eigenvalue weighted by atomic mass is 10.1. The lowest BCUT2D eigenvalue weighted by molar-refractivity contribution is 0.0948. The Morgan fingerprint density at radius 3 is 2.63 bits per heavy atom. The smallest absolute Gasteiger partial charge is 0.274 e. The zero-order valence-electron chi connectivity index (χ0n) is 16.9. The molecule has 2 heterocycles. The standard InChI is InChI=1S/C21H26FN7O/c1-25-20(29-10-6-2-3-7-11-29)16(12-23)28-21(30)18-19(24)26-13-17(27-18)14-8-4-5-9-15(14)22/h4-5,8-9,12-13,16,23H,2-3,6-7,10-11H2,1H3,(H2,24,26)(H,28,30). The van der Waals surface area contributed by atoms with Crippen molar-refractivity contribution in [2.75, 3.05) is 25.9 Å². The van der Waals surface area contributed by atoms with E-state index < -0.39 is 17.8 Å². The summed E-state index contributed by atoms with van der Waals surface area (Å²) in [7, 11) is 1.65. The van der Waals surface area contributed by atoms with Gasteiger partial charge in [0, 0.05) is 31.9 Å². The number of aromatic nitrogens is 2. The normalized spacial score (nSPS) is 15.9. The van der Waals surface area contributed by atoms with Crippen LogP contribution in [0.2, 0.25) is 0 Å². The Bertz CT molecular complexity index is 939. The molecule has 0 aliphatic carbocycles. The third-order valence-corrected chi connectivity index (χ3v) is 5.06. The van der Waals surface area contributed by atoms with Crippen LogP contribution in [0.15, 0.2) is 35.5 Å². The Kier molecular flexibility index (Phi) is 7.05. The molecule has 1 fully saturated rings. The topological polar surface area (TPSA) is 120 Å². The van der Waals surface area contributed by atoms with Gasteiger partial charge < -0.3 is 21.4 Å². The molecule has 30 heavy (non-hydrogen) atoms. The van der Waals surface area contributed by atoms with Crippen molar-refractivity contribution in [1.82, 2.24) is 20.2 Å². The molecule has 0 saturated carbocycles. The third-order valence-electron chi connectivity index (χ3n) is 5.06. The van der Waals surface area contributed by atoms with Crippen molar-refractivity contribution >= 4 is 23.8 Å². The molecule has 1 atom stereocenters. The van der Waals surface area contributed by atoms with E-state index >= 15 is 0 Å². The summed E-state index contributed by atoms with van der Waals surface area (Å²) in [6, 6.07) is 5.38. The highest BCUT2D eigenvalue weighted by atomic mass is 19.1. The molecule has 1 aliphatic heterocycles. The first-order valence-corrected chi connectivity index (χ1v) is 9.95. The van der Waals surface area contributed by atoms with Gasteiger partial charge in [0.25, 0.3) is 5.91 Å². The molecule has 1 aliphatic rings. The second-order valence-electron chi connectivity index (χ2n) is 7.07. The van der Waals surface area contributed by atoms with Crippen LogP contribution in [0, 0.1) is 11.2 Å². The van der Waals surface area contributed by atoms with Crippen LogP contribution < -0.4 is 11.1 Å². The van der Waals surface area contributed by atoms with E-state index in [2.05, 4.69) is 25.2 Å². The van der Waals surface area contributed by atoms with Crippen molar-refractivity contribution in [2.45, 2.75) is 31.7 Å². The molecule has 3 rings (SSSR count). The number of aliphatic imine (C=N–C) groups is 1. The quantitative estimate of drug-likeness (QED) is 0.516. The van der Waals surface area contributed by atoms with Crippen LogP contribution in [0.5, 0.6) is 0 Å². The summed E-state index contributed by atoms with van der Waals surface area (Å²) in [5.41, 5.74) is 6.18. The van der Waals surface area contributed by atoms with Crippen molar-refractivity contribution in [3.05, 3.63) is 42.0 Å². The minimum absolute atomic E-state index is 0.0684. The largest absolute Gasteiger partial charge is 0.382 e. The molecule has 0 spiro atoms. The SMILES string of the molecule is CN=C(C(C=N)NC(=O)c1nc(-c2ccccc2F)cnc1N)N1CCCCCC1. The molecular formula is C21H26FN7O. The van der Waals surface area contributed by atoms with Crippen LogP contribution in [0.4, 0.5) is 10.2 Å². The van der Waals surface area contributed by atoms with E-state index in [0.29, 0.717) is 5.84 Å². The molecule has 2 aromatic rings. The number of likely N-dealkylation sites (tertiary alicyclic amines) is 1. The van der Waals surface area contributed by atoms with Crippen molar-refractivity contribution < 1.29 is 9.18 Å². The molecule has 9 heteroatoms. The van der Waals surface area contributed by atoms with Crippen LogP contribution in [0.3, 0.4) is 0 Å². The zero-order chi connectivity index (χ0) is 21.5. The Morgan fingerprint density at radius 1 is 1.30 bits per heavy atom. The van der Waals surface area contributed by atoms with Gasteiger partial charge in [0.2, 0.25) is 0 Å². The zero-order valence-corrected chi connectivity index (χ0v) is 16.9. The minimum atomic E-state index is -0.723. The summed E-state index contributed by atoms with van der Waals surface area (Å²) >= 11 is 0. The number of halogens is 1. The van der Waals surface area contributed by atoms with Gasteiger partial charge >= 0.3 is 0 Å². The molecule has 1 aromatic heterocycles. The van der Waals surface area contributed by atoms with Gasteiger partial charge in [-0.3, -0.25) is 9.79 Å². The predicted molar refractivity (Wildman–Crippen MR) is 115 cm³/mol. The van der Waals surface area contributed by atoms with E-state index in [1.807, 2.05) is 0 Å². The van der Waals surface area contributed by atoms with Gasteiger partial charge in [-0.05, 0) is 25.0 Å². The number of carbonyl (C=O) groups excluding carboxylic acids is 1. The van der Waals surface area contributed by atoms with Gasteiger partial charge in [-0.15, -0.1) is 0 Å². The van der Waals surface area contributed by atoms with Crippen LogP contribution >= 0.6 is 0 Å². The number of anilines is 1.